The Balaban J connectivity index is 1.58. The molecule has 1 fully saturated rings. The molecule has 1 aliphatic rings. The fourth-order valence-corrected chi connectivity index (χ4v) is 3.55. The lowest BCUT2D eigenvalue weighted by Crippen LogP contribution is -2.36. The van der Waals surface area contributed by atoms with Crippen molar-refractivity contribution in [2.45, 2.75) is 12.3 Å². The molecule has 10 heteroatoms. The standard InChI is InChI=1S/C19H16Cl2N4O4/c20-15-8-16(21)17(25(28)29)6-13(15)9-22-23-18(26)11-24-10-14(7-19(24)27)12-4-2-1-3-5-12/h1-6,8-9,14H,7,10-11H2,(H,23,26)/b22-9-/t14-/m0/s1. The molecule has 1 atom stereocenters. The van der Waals surface area contributed by atoms with Crippen LogP contribution in [0.2, 0.25) is 10.0 Å². The van der Waals surface area contributed by atoms with Gasteiger partial charge < -0.3 is 4.90 Å². The van der Waals surface area contributed by atoms with E-state index in [0.29, 0.717) is 13.0 Å². The van der Waals surface area contributed by atoms with Gasteiger partial charge in [-0.05, 0) is 11.6 Å². The van der Waals surface area contributed by atoms with E-state index in [1.807, 2.05) is 30.3 Å². The van der Waals surface area contributed by atoms with Gasteiger partial charge in [0.25, 0.3) is 11.6 Å². The van der Waals surface area contributed by atoms with Crippen molar-refractivity contribution in [3.05, 3.63) is 73.8 Å². The number of carbonyl (C=O) groups is 2. The van der Waals surface area contributed by atoms with Gasteiger partial charge in [-0.3, -0.25) is 19.7 Å². The van der Waals surface area contributed by atoms with Crippen LogP contribution in [-0.4, -0.2) is 40.9 Å². The third-order valence-electron chi connectivity index (χ3n) is 4.48. The maximum Gasteiger partial charge on any atom is 0.288 e. The highest BCUT2D eigenvalue weighted by Gasteiger charge is 2.31. The molecule has 0 bridgehead atoms. The van der Waals surface area contributed by atoms with Gasteiger partial charge in [-0.25, -0.2) is 5.43 Å². The number of nitro benzene ring substituents is 1. The molecule has 2 aromatic carbocycles. The molecule has 0 spiro atoms. The highest BCUT2D eigenvalue weighted by molar-refractivity contribution is 6.37. The van der Waals surface area contributed by atoms with E-state index >= 15 is 0 Å². The monoisotopic (exact) mass is 434 g/mol. The summed E-state index contributed by atoms with van der Waals surface area (Å²) in [5.74, 6) is -0.536. The summed E-state index contributed by atoms with van der Waals surface area (Å²) in [5, 5.41) is 14.8. The van der Waals surface area contributed by atoms with Crippen LogP contribution in [0.3, 0.4) is 0 Å². The summed E-state index contributed by atoms with van der Waals surface area (Å²) in [5.41, 5.74) is 3.26. The van der Waals surface area contributed by atoms with Gasteiger partial charge in [-0.2, -0.15) is 5.10 Å². The molecular weight excluding hydrogens is 419 g/mol. The molecule has 0 aromatic heterocycles. The molecule has 8 nitrogen and oxygen atoms in total. The molecule has 1 N–H and O–H groups in total. The molecule has 3 rings (SSSR count). The first-order chi connectivity index (χ1) is 13.8. The van der Waals surface area contributed by atoms with E-state index in [2.05, 4.69) is 10.5 Å². The second-order valence-corrected chi connectivity index (χ2v) is 7.28. The summed E-state index contributed by atoms with van der Waals surface area (Å²) in [4.78, 5) is 36.1. The topological polar surface area (TPSA) is 105 Å². The fourth-order valence-electron chi connectivity index (χ4n) is 3.05. The minimum atomic E-state index is -0.642. The molecule has 1 heterocycles. The number of carbonyl (C=O) groups excluding carboxylic acids is 2. The zero-order valence-electron chi connectivity index (χ0n) is 15.0. The molecule has 29 heavy (non-hydrogen) atoms. The van der Waals surface area contributed by atoms with Crippen molar-refractivity contribution in [3.63, 3.8) is 0 Å². The van der Waals surface area contributed by atoms with Crippen LogP contribution in [0.15, 0.2) is 47.6 Å². The number of amides is 2. The second kappa shape index (κ2) is 9.02. The van der Waals surface area contributed by atoms with Crippen molar-refractivity contribution in [2.24, 2.45) is 5.10 Å². The summed E-state index contributed by atoms with van der Waals surface area (Å²) in [6.07, 6.45) is 1.53. The average molecular weight is 435 g/mol. The number of hydrogen-bond donors (Lipinski definition) is 1. The molecule has 1 saturated heterocycles. The molecule has 2 amide bonds. The Morgan fingerprint density at radius 1 is 1.28 bits per heavy atom. The molecule has 1 aliphatic heterocycles. The van der Waals surface area contributed by atoms with E-state index in [4.69, 9.17) is 23.2 Å². The Morgan fingerprint density at radius 2 is 2.00 bits per heavy atom. The summed E-state index contributed by atoms with van der Waals surface area (Å²) in [6.45, 7) is 0.323. The summed E-state index contributed by atoms with van der Waals surface area (Å²) in [6, 6.07) is 12.0. The van der Waals surface area contributed by atoms with E-state index < -0.39 is 10.8 Å². The van der Waals surface area contributed by atoms with Gasteiger partial charge in [-0.15, -0.1) is 0 Å². The molecule has 0 saturated carbocycles. The van der Waals surface area contributed by atoms with Crippen LogP contribution < -0.4 is 5.43 Å². The number of rotatable bonds is 6. The van der Waals surface area contributed by atoms with Gasteiger partial charge in [0.1, 0.15) is 11.6 Å². The molecule has 0 aliphatic carbocycles. The Labute approximate surface area is 176 Å². The van der Waals surface area contributed by atoms with Gasteiger partial charge in [0.15, 0.2) is 0 Å². The van der Waals surface area contributed by atoms with Crippen molar-refractivity contribution < 1.29 is 14.5 Å². The van der Waals surface area contributed by atoms with E-state index in [1.165, 1.54) is 17.2 Å². The van der Waals surface area contributed by atoms with Crippen molar-refractivity contribution >= 4 is 46.9 Å². The number of hydrazone groups is 1. The SMILES string of the molecule is O=C(CN1C[C@@H](c2ccccc2)CC1=O)N/N=C\c1cc([N+](=O)[O-])c(Cl)cc1Cl. The van der Waals surface area contributed by atoms with Gasteiger partial charge in [-0.1, -0.05) is 53.5 Å². The number of nitrogens with zero attached hydrogens (tertiary/aromatic N) is 3. The first kappa shape index (κ1) is 20.8. The van der Waals surface area contributed by atoms with Gasteiger partial charge in [0, 0.05) is 30.5 Å². The first-order valence-corrected chi connectivity index (χ1v) is 9.39. The zero-order valence-corrected chi connectivity index (χ0v) is 16.6. The first-order valence-electron chi connectivity index (χ1n) is 8.63. The van der Waals surface area contributed by atoms with E-state index in [-0.39, 0.29) is 39.7 Å². The molecular formula is C19H16Cl2N4O4. The van der Waals surface area contributed by atoms with E-state index in [9.17, 15) is 19.7 Å². The molecule has 150 valence electrons. The van der Waals surface area contributed by atoms with Crippen molar-refractivity contribution in [1.29, 1.82) is 0 Å². The average Bonchev–Trinajstić information content (AvgIpc) is 3.04. The van der Waals surface area contributed by atoms with Crippen molar-refractivity contribution in [1.82, 2.24) is 10.3 Å². The number of likely N-dealkylation sites (tertiary alicyclic amines) is 1. The summed E-state index contributed by atoms with van der Waals surface area (Å²) in [7, 11) is 0. The van der Waals surface area contributed by atoms with Gasteiger partial charge in [0.05, 0.1) is 16.2 Å². The minimum Gasteiger partial charge on any atom is -0.333 e. The van der Waals surface area contributed by atoms with Crippen molar-refractivity contribution in [2.75, 3.05) is 13.1 Å². The molecule has 0 unspecified atom stereocenters. The van der Waals surface area contributed by atoms with E-state index in [0.717, 1.165) is 11.6 Å². The third-order valence-corrected chi connectivity index (χ3v) is 5.11. The second-order valence-electron chi connectivity index (χ2n) is 6.46. The lowest BCUT2D eigenvalue weighted by molar-refractivity contribution is -0.384. The van der Waals surface area contributed by atoms with Gasteiger partial charge >= 0.3 is 0 Å². The van der Waals surface area contributed by atoms with Crippen LogP contribution in [0.5, 0.6) is 0 Å². The Kier molecular flexibility index (Phi) is 6.46. The normalized spacial score (nSPS) is 16.4. The predicted molar refractivity (Wildman–Crippen MR) is 109 cm³/mol. The summed E-state index contributed by atoms with van der Waals surface area (Å²) >= 11 is 11.8. The predicted octanol–water partition coefficient (Wildman–Crippen LogP) is 3.37. The van der Waals surface area contributed by atoms with Crippen LogP contribution in [0, 0.1) is 10.1 Å². The molecule has 2 aromatic rings. The Bertz CT molecular complexity index is 982. The third kappa shape index (κ3) is 5.10. The minimum absolute atomic E-state index is 0.0495. The van der Waals surface area contributed by atoms with Crippen molar-refractivity contribution in [3.8, 4) is 0 Å². The smallest absolute Gasteiger partial charge is 0.288 e. The Morgan fingerprint density at radius 3 is 2.69 bits per heavy atom. The number of hydrogen-bond acceptors (Lipinski definition) is 5. The lowest BCUT2D eigenvalue weighted by atomic mass is 9.99. The number of nitrogens with one attached hydrogen (secondary N) is 1. The number of benzene rings is 2. The zero-order chi connectivity index (χ0) is 21.0. The van der Waals surface area contributed by atoms with Crippen LogP contribution in [0.1, 0.15) is 23.5 Å². The van der Waals surface area contributed by atoms with E-state index in [1.54, 1.807) is 0 Å². The van der Waals surface area contributed by atoms with Crippen LogP contribution >= 0.6 is 23.2 Å². The maximum atomic E-state index is 12.2. The highest BCUT2D eigenvalue weighted by atomic mass is 35.5. The van der Waals surface area contributed by atoms with Crippen LogP contribution in [0.25, 0.3) is 0 Å². The highest BCUT2D eigenvalue weighted by Crippen LogP contribution is 2.30. The summed E-state index contributed by atoms with van der Waals surface area (Å²) < 4.78 is 0. The lowest BCUT2D eigenvalue weighted by Gasteiger charge is -2.15. The fraction of sp³-hybridized carbons (Fsp3) is 0.211. The van der Waals surface area contributed by atoms with Crippen LogP contribution in [0.4, 0.5) is 5.69 Å². The number of nitro groups is 1. The quantitative estimate of drug-likeness (QED) is 0.427. The Hall–Kier alpha value is -2.97. The maximum absolute atomic E-state index is 12.2. The molecule has 0 radical (unpaired) electrons. The number of halogens is 2. The largest absolute Gasteiger partial charge is 0.333 e. The van der Waals surface area contributed by atoms with Crippen LogP contribution in [-0.2, 0) is 9.59 Å². The van der Waals surface area contributed by atoms with Gasteiger partial charge in [0.2, 0.25) is 5.91 Å².